The summed E-state index contributed by atoms with van der Waals surface area (Å²) in [7, 11) is 0. The number of amides is 2. The van der Waals surface area contributed by atoms with Crippen molar-refractivity contribution >= 4 is 12.0 Å². The van der Waals surface area contributed by atoms with E-state index in [2.05, 4.69) is 22.3 Å². The minimum absolute atomic E-state index is 0.149. The maximum atomic E-state index is 12.2. The first-order valence-electron chi connectivity index (χ1n) is 7.30. The van der Waals surface area contributed by atoms with Crippen molar-refractivity contribution in [2.45, 2.75) is 45.8 Å². The zero-order chi connectivity index (χ0) is 14.4. The molecule has 112 valence electrons. The minimum Gasteiger partial charge on any atom is -0.376 e. The number of hydrogen-bond acceptors (Lipinski definition) is 4. The van der Waals surface area contributed by atoms with Gasteiger partial charge in [-0.15, -0.1) is 5.10 Å². The largest absolute Gasteiger partial charge is 0.376 e. The third-order valence-corrected chi connectivity index (χ3v) is 3.30. The molecule has 0 aromatic carbocycles. The van der Waals surface area contributed by atoms with Crippen LogP contribution in [0, 0.1) is 0 Å². The Morgan fingerprint density at radius 1 is 1.55 bits per heavy atom. The number of carbonyl (C=O) groups excluding carboxylic acids is 1. The smallest absolute Gasteiger partial charge is 0.324 e. The molecular formula is C13H23N5O2. The Labute approximate surface area is 119 Å². The Kier molecular flexibility index (Phi) is 5.34. The lowest BCUT2D eigenvalue weighted by molar-refractivity contribution is 0.0115. The van der Waals surface area contributed by atoms with Crippen molar-refractivity contribution in [1.82, 2.24) is 19.7 Å². The summed E-state index contributed by atoms with van der Waals surface area (Å²) < 4.78 is 7.41. The van der Waals surface area contributed by atoms with Gasteiger partial charge >= 0.3 is 6.03 Å². The summed E-state index contributed by atoms with van der Waals surface area (Å²) in [5, 5.41) is 6.88. The van der Waals surface area contributed by atoms with Crippen molar-refractivity contribution in [3.63, 3.8) is 0 Å². The molecule has 1 fully saturated rings. The molecule has 20 heavy (non-hydrogen) atoms. The monoisotopic (exact) mass is 281 g/mol. The summed E-state index contributed by atoms with van der Waals surface area (Å²) in [6.07, 6.45) is 4.75. The molecule has 1 N–H and O–H groups in total. The first-order chi connectivity index (χ1) is 9.72. The Morgan fingerprint density at radius 2 is 2.40 bits per heavy atom. The lowest BCUT2D eigenvalue weighted by Gasteiger charge is -2.32. The lowest BCUT2D eigenvalue weighted by Crippen LogP contribution is -2.45. The first-order valence-corrected chi connectivity index (χ1v) is 7.30. The quantitative estimate of drug-likeness (QED) is 0.892. The van der Waals surface area contributed by atoms with Crippen molar-refractivity contribution in [1.29, 1.82) is 0 Å². The Morgan fingerprint density at radius 3 is 3.10 bits per heavy atom. The molecule has 1 aliphatic heterocycles. The third-order valence-electron chi connectivity index (χ3n) is 3.30. The summed E-state index contributed by atoms with van der Waals surface area (Å²) in [6.45, 7) is 6.94. The highest BCUT2D eigenvalue weighted by Gasteiger charge is 2.24. The molecule has 1 aromatic rings. The van der Waals surface area contributed by atoms with Crippen LogP contribution in [0.4, 0.5) is 10.7 Å². The number of likely N-dealkylation sites (tertiary alicyclic amines) is 1. The van der Waals surface area contributed by atoms with Gasteiger partial charge in [-0.1, -0.05) is 6.92 Å². The first kappa shape index (κ1) is 14.8. The van der Waals surface area contributed by atoms with E-state index in [1.54, 1.807) is 15.9 Å². The normalized spacial score (nSPS) is 19.1. The Hall–Kier alpha value is -1.63. The van der Waals surface area contributed by atoms with Crippen LogP contribution in [0.3, 0.4) is 0 Å². The van der Waals surface area contributed by atoms with Gasteiger partial charge in [0.05, 0.1) is 6.10 Å². The van der Waals surface area contributed by atoms with E-state index in [0.29, 0.717) is 12.5 Å². The van der Waals surface area contributed by atoms with Crippen LogP contribution in [0.5, 0.6) is 0 Å². The van der Waals surface area contributed by atoms with Crippen LogP contribution in [-0.4, -0.2) is 51.5 Å². The van der Waals surface area contributed by atoms with E-state index in [4.69, 9.17) is 4.74 Å². The highest BCUT2D eigenvalue weighted by molar-refractivity contribution is 5.87. The molecule has 0 spiro atoms. The number of carbonyl (C=O) groups is 1. The molecule has 2 rings (SSSR count). The van der Waals surface area contributed by atoms with Gasteiger partial charge in [-0.25, -0.2) is 9.78 Å². The molecule has 1 unspecified atom stereocenters. The fraction of sp³-hybridized carbons (Fsp3) is 0.769. The Bertz CT molecular complexity index is 434. The van der Waals surface area contributed by atoms with Crippen LogP contribution in [0.25, 0.3) is 0 Å². The molecule has 0 saturated carbocycles. The fourth-order valence-electron chi connectivity index (χ4n) is 2.22. The molecule has 0 radical (unpaired) electrons. The number of rotatable bonds is 5. The van der Waals surface area contributed by atoms with Crippen LogP contribution < -0.4 is 5.32 Å². The second-order valence-corrected chi connectivity index (χ2v) is 4.94. The predicted molar refractivity (Wildman–Crippen MR) is 75.6 cm³/mol. The highest BCUT2D eigenvalue weighted by Crippen LogP contribution is 2.14. The fourth-order valence-corrected chi connectivity index (χ4v) is 2.22. The van der Waals surface area contributed by atoms with Crippen LogP contribution in [0.2, 0.25) is 0 Å². The van der Waals surface area contributed by atoms with Crippen molar-refractivity contribution < 1.29 is 9.53 Å². The topological polar surface area (TPSA) is 72.3 Å². The zero-order valence-corrected chi connectivity index (χ0v) is 12.2. The van der Waals surface area contributed by atoms with Crippen molar-refractivity contribution in [2.75, 3.05) is 25.0 Å². The number of ether oxygens (including phenoxy) is 1. The zero-order valence-electron chi connectivity index (χ0n) is 12.2. The van der Waals surface area contributed by atoms with E-state index in [0.717, 1.165) is 39.0 Å². The second kappa shape index (κ2) is 7.23. The van der Waals surface area contributed by atoms with Crippen LogP contribution >= 0.6 is 0 Å². The van der Waals surface area contributed by atoms with Gasteiger partial charge in [-0.2, -0.15) is 0 Å². The molecule has 1 saturated heterocycles. The number of aromatic nitrogens is 3. The molecule has 0 aliphatic carbocycles. The molecule has 0 bridgehead atoms. The van der Waals surface area contributed by atoms with E-state index in [9.17, 15) is 4.79 Å². The number of nitrogens with one attached hydrogen (secondary N) is 1. The highest BCUT2D eigenvalue weighted by atomic mass is 16.5. The number of piperidine rings is 1. The summed E-state index contributed by atoms with van der Waals surface area (Å²) >= 11 is 0. The van der Waals surface area contributed by atoms with Gasteiger partial charge in [0.15, 0.2) is 0 Å². The number of hydrogen-bond donors (Lipinski definition) is 1. The molecule has 2 amide bonds. The number of urea groups is 1. The average molecular weight is 281 g/mol. The van der Waals surface area contributed by atoms with Crippen LogP contribution in [0.15, 0.2) is 6.33 Å². The standard InChI is InChI=1S/C13H23N5O2/c1-3-8-20-11-6-5-7-17(9-11)13(19)15-12-14-10-18(4-2)16-12/h10-11H,3-9H2,1-2H3,(H,15,16,19). The molecule has 1 aliphatic rings. The Balaban J connectivity index is 1.85. The lowest BCUT2D eigenvalue weighted by atomic mass is 10.1. The van der Waals surface area contributed by atoms with Crippen molar-refractivity contribution in [2.24, 2.45) is 0 Å². The molecule has 1 atom stereocenters. The second-order valence-electron chi connectivity index (χ2n) is 4.94. The van der Waals surface area contributed by atoms with E-state index in [-0.39, 0.29) is 12.1 Å². The van der Waals surface area contributed by atoms with Gasteiger partial charge in [0.1, 0.15) is 6.33 Å². The summed E-state index contributed by atoms with van der Waals surface area (Å²) in [4.78, 5) is 18.0. The number of aryl methyl sites for hydroxylation is 1. The molecular weight excluding hydrogens is 258 g/mol. The summed E-state index contributed by atoms with van der Waals surface area (Å²) in [5.41, 5.74) is 0. The van der Waals surface area contributed by atoms with Crippen LogP contribution in [0.1, 0.15) is 33.1 Å². The third kappa shape index (κ3) is 3.93. The van der Waals surface area contributed by atoms with E-state index < -0.39 is 0 Å². The molecule has 2 heterocycles. The van der Waals surface area contributed by atoms with E-state index >= 15 is 0 Å². The van der Waals surface area contributed by atoms with Gasteiger partial charge in [0, 0.05) is 26.2 Å². The van der Waals surface area contributed by atoms with Gasteiger partial charge in [0.25, 0.3) is 0 Å². The van der Waals surface area contributed by atoms with Crippen molar-refractivity contribution in [3.05, 3.63) is 6.33 Å². The maximum absolute atomic E-state index is 12.2. The summed E-state index contributed by atoms with van der Waals surface area (Å²) in [5.74, 6) is 0.355. The van der Waals surface area contributed by atoms with Gasteiger partial charge in [0.2, 0.25) is 5.95 Å². The maximum Gasteiger partial charge on any atom is 0.324 e. The molecule has 7 heteroatoms. The predicted octanol–water partition coefficient (Wildman–Crippen LogP) is 1.72. The average Bonchev–Trinajstić information content (AvgIpc) is 2.93. The van der Waals surface area contributed by atoms with Gasteiger partial charge in [-0.3, -0.25) is 10.00 Å². The van der Waals surface area contributed by atoms with Gasteiger partial charge in [-0.05, 0) is 26.2 Å². The summed E-state index contributed by atoms with van der Waals surface area (Å²) in [6, 6.07) is -0.149. The van der Waals surface area contributed by atoms with Crippen molar-refractivity contribution in [3.8, 4) is 0 Å². The van der Waals surface area contributed by atoms with E-state index in [1.807, 2.05) is 6.92 Å². The molecule has 1 aromatic heterocycles. The number of nitrogens with zero attached hydrogens (tertiary/aromatic N) is 4. The van der Waals surface area contributed by atoms with E-state index in [1.165, 1.54) is 0 Å². The number of anilines is 1. The molecule has 7 nitrogen and oxygen atoms in total. The van der Waals surface area contributed by atoms with Crippen LogP contribution in [-0.2, 0) is 11.3 Å². The minimum atomic E-state index is -0.149. The SMILES string of the molecule is CCCOC1CCCN(C(=O)Nc2ncn(CC)n2)C1. The van der Waals surface area contributed by atoms with Gasteiger partial charge < -0.3 is 9.64 Å².